The Bertz CT molecular complexity index is 410. The van der Waals surface area contributed by atoms with Crippen molar-refractivity contribution < 1.29 is 25.2 Å². The number of amides is 1. The fraction of sp³-hybridized carbons (Fsp3) is 0.950. The first-order chi connectivity index (χ1) is 13.0. The number of rotatable bonds is 15. The van der Waals surface area contributed by atoms with E-state index in [1.54, 1.807) is 0 Å². The molecule has 1 fully saturated rings. The van der Waals surface area contributed by atoms with E-state index in [0.717, 1.165) is 57.8 Å². The van der Waals surface area contributed by atoms with Gasteiger partial charge in [-0.3, -0.25) is 9.69 Å². The first-order valence-corrected chi connectivity index (χ1v) is 10.6. The Morgan fingerprint density at radius 1 is 0.963 bits per heavy atom. The van der Waals surface area contributed by atoms with Gasteiger partial charge in [-0.1, -0.05) is 51.9 Å². The maximum absolute atomic E-state index is 12.0. The van der Waals surface area contributed by atoms with Crippen molar-refractivity contribution >= 4 is 5.91 Å². The number of primary amides is 1. The highest BCUT2D eigenvalue weighted by Gasteiger charge is 2.50. The van der Waals surface area contributed by atoms with Crippen LogP contribution in [0.2, 0.25) is 0 Å². The van der Waals surface area contributed by atoms with E-state index < -0.39 is 36.1 Å². The monoisotopic (exact) mass is 388 g/mol. The average Bonchev–Trinajstić information content (AvgIpc) is 2.88. The Labute approximate surface area is 163 Å². The zero-order valence-corrected chi connectivity index (χ0v) is 16.8. The molecule has 1 heterocycles. The van der Waals surface area contributed by atoms with Crippen LogP contribution in [0.15, 0.2) is 0 Å². The van der Waals surface area contributed by atoms with Crippen LogP contribution >= 0.6 is 0 Å². The average molecular weight is 389 g/mol. The molecule has 0 saturated carbocycles. The van der Waals surface area contributed by atoms with E-state index in [9.17, 15) is 20.1 Å². The SMILES string of the molecule is CCCCC(C(N)=O)C1C(O)C(O)C(CO)N1CCCCCCCCCO. The van der Waals surface area contributed by atoms with Crippen molar-refractivity contribution in [2.24, 2.45) is 11.7 Å². The van der Waals surface area contributed by atoms with Crippen LogP contribution in [0.5, 0.6) is 0 Å². The van der Waals surface area contributed by atoms with Gasteiger partial charge >= 0.3 is 0 Å². The van der Waals surface area contributed by atoms with Crippen molar-refractivity contribution in [1.29, 1.82) is 0 Å². The summed E-state index contributed by atoms with van der Waals surface area (Å²) in [5, 5.41) is 39.4. The molecule has 1 aliphatic heterocycles. The molecule has 7 heteroatoms. The number of aliphatic hydroxyl groups excluding tert-OH is 4. The largest absolute Gasteiger partial charge is 0.396 e. The van der Waals surface area contributed by atoms with Gasteiger partial charge in [-0.15, -0.1) is 0 Å². The standard InChI is InChI=1S/C20H40N2O5/c1-2-3-11-15(20(21)27)17-19(26)18(25)16(14-24)22(17)12-9-7-5-4-6-8-10-13-23/h15-19,23-26H,2-14H2,1H3,(H2,21,27). The summed E-state index contributed by atoms with van der Waals surface area (Å²) >= 11 is 0. The molecule has 6 N–H and O–H groups in total. The lowest BCUT2D eigenvalue weighted by atomic mass is 9.89. The molecular formula is C20H40N2O5. The van der Waals surface area contributed by atoms with Crippen LogP contribution in [0.4, 0.5) is 0 Å². The quantitative estimate of drug-likeness (QED) is 0.264. The minimum atomic E-state index is -1.07. The summed E-state index contributed by atoms with van der Waals surface area (Å²) in [7, 11) is 0. The summed E-state index contributed by atoms with van der Waals surface area (Å²) in [6.07, 6.45) is 7.33. The van der Waals surface area contributed by atoms with Gasteiger partial charge in [-0.25, -0.2) is 0 Å². The number of carbonyl (C=O) groups excluding carboxylic acids is 1. The number of likely N-dealkylation sites (tertiary alicyclic amines) is 1. The lowest BCUT2D eigenvalue weighted by molar-refractivity contribution is -0.125. The van der Waals surface area contributed by atoms with Crippen molar-refractivity contribution in [3.63, 3.8) is 0 Å². The number of hydrogen-bond donors (Lipinski definition) is 5. The predicted octanol–water partition coefficient (Wildman–Crippen LogP) is 0.768. The minimum absolute atomic E-state index is 0.253. The van der Waals surface area contributed by atoms with Gasteiger partial charge in [0.1, 0.15) is 0 Å². The highest BCUT2D eigenvalue weighted by atomic mass is 16.3. The normalized spacial score (nSPS) is 27.1. The number of aliphatic hydroxyl groups is 4. The van der Waals surface area contributed by atoms with Gasteiger partial charge in [0.15, 0.2) is 0 Å². The Balaban J connectivity index is 2.63. The van der Waals surface area contributed by atoms with Crippen molar-refractivity contribution in [2.75, 3.05) is 19.8 Å². The summed E-state index contributed by atoms with van der Waals surface area (Å²) < 4.78 is 0. The third-order valence-corrected chi connectivity index (χ3v) is 5.81. The number of hydrogen-bond acceptors (Lipinski definition) is 6. The summed E-state index contributed by atoms with van der Waals surface area (Å²) in [5.41, 5.74) is 5.61. The summed E-state index contributed by atoms with van der Waals surface area (Å²) in [6.45, 7) is 2.65. The molecule has 0 bridgehead atoms. The molecule has 1 aliphatic rings. The molecule has 0 aliphatic carbocycles. The van der Waals surface area contributed by atoms with E-state index in [4.69, 9.17) is 10.8 Å². The third kappa shape index (κ3) is 7.31. The molecule has 0 aromatic heterocycles. The molecule has 7 nitrogen and oxygen atoms in total. The second-order valence-electron chi connectivity index (χ2n) is 7.81. The molecule has 1 rings (SSSR count). The Morgan fingerprint density at radius 3 is 2.07 bits per heavy atom. The van der Waals surface area contributed by atoms with Crippen LogP contribution in [-0.2, 0) is 4.79 Å². The van der Waals surface area contributed by atoms with Crippen LogP contribution in [0, 0.1) is 5.92 Å². The smallest absolute Gasteiger partial charge is 0.222 e. The number of carbonyl (C=O) groups is 1. The van der Waals surface area contributed by atoms with Gasteiger partial charge in [0, 0.05) is 6.61 Å². The van der Waals surface area contributed by atoms with E-state index in [1.165, 1.54) is 0 Å². The number of nitrogens with zero attached hydrogens (tertiary/aromatic N) is 1. The molecule has 0 spiro atoms. The molecule has 5 atom stereocenters. The third-order valence-electron chi connectivity index (χ3n) is 5.81. The molecule has 0 aromatic carbocycles. The van der Waals surface area contributed by atoms with Gasteiger partial charge in [0.2, 0.25) is 5.91 Å². The lowest BCUT2D eigenvalue weighted by Crippen LogP contribution is -2.49. The van der Waals surface area contributed by atoms with Gasteiger partial charge in [0.25, 0.3) is 0 Å². The Hall–Kier alpha value is -0.730. The fourth-order valence-electron chi connectivity index (χ4n) is 4.24. The van der Waals surface area contributed by atoms with E-state index in [2.05, 4.69) is 0 Å². The Morgan fingerprint density at radius 2 is 1.56 bits per heavy atom. The van der Waals surface area contributed by atoms with E-state index >= 15 is 0 Å². The fourth-order valence-corrected chi connectivity index (χ4v) is 4.24. The first-order valence-electron chi connectivity index (χ1n) is 10.6. The molecule has 5 unspecified atom stereocenters. The van der Waals surface area contributed by atoms with Crippen molar-refractivity contribution in [3.8, 4) is 0 Å². The van der Waals surface area contributed by atoms with E-state index in [1.807, 2.05) is 11.8 Å². The molecule has 1 saturated heterocycles. The summed E-state index contributed by atoms with van der Waals surface area (Å²) in [6, 6.07) is -1.09. The van der Waals surface area contributed by atoms with Crippen molar-refractivity contribution in [2.45, 2.75) is 95.4 Å². The zero-order chi connectivity index (χ0) is 20.2. The van der Waals surface area contributed by atoms with E-state index in [-0.39, 0.29) is 13.2 Å². The van der Waals surface area contributed by atoms with Gasteiger partial charge in [-0.2, -0.15) is 0 Å². The molecule has 0 radical (unpaired) electrons. The predicted molar refractivity (Wildman–Crippen MR) is 105 cm³/mol. The number of nitrogens with two attached hydrogens (primary N) is 1. The molecule has 1 amide bonds. The van der Waals surface area contributed by atoms with Crippen LogP contribution in [0.3, 0.4) is 0 Å². The lowest BCUT2D eigenvalue weighted by Gasteiger charge is -2.33. The van der Waals surface area contributed by atoms with Crippen LogP contribution in [0.25, 0.3) is 0 Å². The van der Waals surface area contributed by atoms with Crippen molar-refractivity contribution in [1.82, 2.24) is 4.90 Å². The van der Waals surface area contributed by atoms with Gasteiger partial charge in [0.05, 0.1) is 36.8 Å². The number of unbranched alkanes of at least 4 members (excludes halogenated alkanes) is 7. The zero-order valence-electron chi connectivity index (χ0n) is 16.8. The Kier molecular flexibility index (Phi) is 12.1. The van der Waals surface area contributed by atoms with Gasteiger partial charge in [-0.05, 0) is 25.8 Å². The second-order valence-corrected chi connectivity index (χ2v) is 7.81. The molecule has 0 aromatic rings. The molecular weight excluding hydrogens is 348 g/mol. The maximum Gasteiger partial charge on any atom is 0.222 e. The molecule has 160 valence electrons. The minimum Gasteiger partial charge on any atom is -0.396 e. The van der Waals surface area contributed by atoms with Crippen LogP contribution in [0.1, 0.15) is 71.1 Å². The van der Waals surface area contributed by atoms with Crippen LogP contribution < -0.4 is 5.73 Å². The van der Waals surface area contributed by atoms with Crippen LogP contribution in [-0.4, -0.2) is 75.3 Å². The molecule has 27 heavy (non-hydrogen) atoms. The highest BCUT2D eigenvalue weighted by molar-refractivity contribution is 5.77. The summed E-state index contributed by atoms with van der Waals surface area (Å²) in [4.78, 5) is 13.9. The van der Waals surface area contributed by atoms with Gasteiger partial charge < -0.3 is 26.2 Å². The first kappa shape index (κ1) is 24.3. The van der Waals surface area contributed by atoms with Crippen molar-refractivity contribution in [3.05, 3.63) is 0 Å². The summed E-state index contributed by atoms with van der Waals surface area (Å²) in [5.74, 6) is -0.975. The topological polar surface area (TPSA) is 127 Å². The maximum atomic E-state index is 12.0. The van der Waals surface area contributed by atoms with E-state index in [0.29, 0.717) is 13.0 Å². The highest BCUT2D eigenvalue weighted by Crippen LogP contribution is 2.33. The second kappa shape index (κ2) is 13.4.